The largest absolute Gasteiger partial charge is 0.494 e. The summed E-state index contributed by atoms with van der Waals surface area (Å²) in [5.41, 5.74) is 2.12. The van der Waals surface area contributed by atoms with Crippen molar-refractivity contribution in [1.29, 1.82) is 0 Å². The number of hydrogen-bond donors (Lipinski definition) is 1. The first kappa shape index (κ1) is 16.4. The Morgan fingerprint density at radius 2 is 1.62 bits per heavy atom. The molecule has 1 aliphatic rings. The second-order valence-electron chi connectivity index (χ2n) is 7.93. The van der Waals surface area contributed by atoms with Crippen LogP contribution in [-0.2, 0) is 6.54 Å². The second kappa shape index (κ2) is 6.00. The number of benzene rings is 1. The van der Waals surface area contributed by atoms with Crippen molar-refractivity contribution >= 4 is 0 Å². The molecule has 1 fully saturated rings. The molecule has 1 aromatic rings. The highest BCUT2D eigenvalue weighted by atomic mass is 16.5. The fourth-order valence-electron chi connectivity index (χ4n) is 3.04. The van der Waals surface area contributed by atoms with Gasteiger partial charge in [0.15, 0.2) is 0 Å². The number of ether oxygens (including phenoxy) is 1. The van der Waals surface area contributed by atoms with E-state index in [1.165, 1.54) is 5.56 Å². The molecule has 0 bridgehead atoms. The standard InChI is InChI=1S/C19H31NO/c1-14(2)11-12-21-16-9-7-15(8-10-16)13-20-17-18(3,4)19(17,5)6/h7-10,14,17,20H,11-13H2,1-6H3. The van der Waals surface area contributed by atoms with Gasteiger partial charge in [-0.2, -0.15) is 0 Å². The molecule has 1 N–H and O–H groups in total. The Balaban J connectivity index is 1.78. The van der Waals surface area contributed by atoms with Crippen LogP contribution in [0.1, 0.15) is 53.5 Å². The van der Waals surface area contributed by atoms with Crippen molar-refractivity contribution in [1.82, 2.24) is 5.32 Å². The third-order valence-corrected chi connectivity index (χ3v) is 5.42. The zero-order chi connectivity index (χ0) is 15.7. The van der Waals surface area contributed by atoms with E-state index >= 15 is 0 Å². The fraction of sp³-hybridized carbons (Fsp3) is 0.684. The average Bonchev–Trinajstić information content (AvgIpc) is 2.78. The van der Waals surface area contributed by atoms with Crippen molar-refractivity contribution in [2.45, 2.75) is 60.5 Å². The van der Waals surface area contributed by atoms with E-state index < -0.39 is 0 Å². The Morgan fingerprint density at radius 1 is 1.05 bits per heavy atom. The lowest BCUT2D eigenvalue weighted by Gasteiger charge is -2.10. The van der Waals surface area contributed by atoms with Crippen LogP contribution in [0.4, 0.5) is 0 Å². The summed E-state index contributed by atoms with van der Waals surface area (Å²) >= 11 is 0. The highest BCUT2D eigenvalue weighted by Gasteiger charge is 2.64. The molecule has 2 nitrogen and oxygen atoms in total. The van der Waals surface area contributed by atoms with Crippen LogP contribution in [0.2, 0.25) is 0 Å². The highest BCUT2D eigenvalue weighted by Crippen LogP contribution is 2.62. The molecule has 21 heavy (non-hydrogen) atoms. The number of hydrogen-bond acceptors (Lipinski definition) is 2. The third-order valence-electron chi connectivity index (χ3n) is 5.42. The first-order valence-corrected chi connectivity index (χ1v) is 8.20. The maximum atomic E-state index is 5.76. The quantitative estimate of drug-likeness (QED) is 0.790. The summed E-state index contributed by atoms with van der Waals surface area (Å²) in [6, 6.07) is 9.10. The Bertz CT molecular complexity index is 445. The molecule has 0 heterocycles. The monoisotopic (exact) mass is 289 g/mol. The first-order chi connectivity index (χ1) is 9.75. The van der Waals surface area contributed by atoms with Gasteiger partial charge in [0, 0.05) is 12.6 Å². The summed E-state index contributed by atoms with van der Waals surface area (Å²) in [7, 11) is 0. The van der Waals surface area contributed by atoms with Crippen molar-refractivity contribution in [3.63, 3.8) is 0 Å². The Kier molecular flexibility index (Phi) is 4.67. The highest BCUT2D eigenvalue weighted by molar-refractivity contribution is 5.28. The first-order valence-electron chi connectivity index (χ1n) is 8.20. The van der Waals surface area contributed by atoms with Crippen LogP contribution in [-0.4, -0.2) is 12.6 Å². The summed E-state index contributed by atoms with van der Waals surface area (Å²) in [6.45, 7) is 15.6. The van der Waals surface area contributed by atoms with Gasteiger partial charge in [-0.05, 0) is 40.9 Å². The van der Waals surface area contributed by atoms with Crippen LogP contribution in [0.15, 0.2) is 24.3 Å². The summed E-state index contributed by atoms with van der Waals surface area (Å²) in [5.74, 6) is 1.67. The van der Waals surface area contributed by atoms with Crippen molar-refractivity contribution in [3.8, 4) is 5.75 Å². The smallest absolute Gasteiger partial charge is 0.119 e. The molecule has 2 rings (SSSR count). The van der Waals surface area contributed by atoms with E-state index in [9.17, 15) is 0 Å². The molecule has 0 saturated heterocycles. The molecule has 1 saturated carbocycles. The Hall–Kier alpha value is -1.02. The van der Waals surface area contributed by atoms with E-state index in [0.717, 1.165) is 25.3 Å². The van der Waals surface area contributed by atoms with Crippen LogP contribution in [0.3, 0.4) is 0 Å². The molecular formula is C19H31NO. The molecule has 1 aromatic carbocycles. The average molecular weight is 289 g/mol. The molecule has 118 valence electrons. The molecule has 0 aromatic heterocycles. The molecule has 0 radical (unpaired) electrons. The third kappa shape index (κ3) is 3.60. The van der Waals surface area contributed by atoms with Crippen LogP contribution >= 0.6 is 0 Å². The van der Waals surface area contributed by atoms with E-state index in [4.69, 9.17) is 4.74 Å². The van der Waals surface area contributed by atoms with Crippen LogP contribution < -0.4 is 10.1 Å². The van der Waals surface area contributed by atoms with Crippen LogP contribution in [0.25, 0.3) is 0 Å². The van der Waals surface area contributed by atoms with Gasteiger partial charge in [-0.3, -0.25) is 0 Å². The zero-order valence-electron chi connectivity index (χ0n) is 14.5. The lowest BCUT2D eigenvalue weighted by molar-refractivity contribution is 0.289. The van der Waals surface area contributed by atoms with Crippen molar-refractivity contribution in [2.75, 3.05) is 6.61 Å². The van der Waals surface area contributed by atoms with E-state index in [0.29, 0.717) is 22.8 Å². The van der Waals surface area contributed by atoms with Crippen LogP contribution in [0.5, 0.6) is 5.75 Å². The topological polar surface area (TPSA) is 21.3 Å². The maximum absolute atomic E-state index is 5.76. The minimum absolute atomic E-state index is 0.396. The molecule has 0 aliphatic heterocycles. The van der Waals surface area contributed by atoms with Gasteiger partial charge < -0.3 is 10.1 Å². The van der Waals surface area contributed by atoms with Crippen molar-refractivity contribution in [3.05, 3.63) is 29.8 Å². The molecular weight excluding hydrogens is 258 g/mol. The molecule has 0 unspecified atom stereocenters. The van der Waals surface area contributed by atoms with Gasteiger partial charge in [0.2, 0.25) is 0 Å². The summed E-state index contributed by atoms with van der Waals surface area (Å²) < 4.78 is 5.76. The van der Waals surface area contributed by atoms with Gasteiger partial charge in [0.25, 0.3) is 0 Å². The van der Waals surface area contributed by atoms with Crippen molar-refractivity contribution in [2.24, 2.45) is 16.7 Å². The SMILES string of the molecule is CC(C)CCOc1ccc(CNC2C(C)(C)C2(C)C)cc1. The zero-order valence-corrected chi connectivity index (χ0v) is 14.5. The molecule has 1 aliphatic carbocycles. The van der Waals surface area contributed by atoms with Gasteiger partial charge in [0.1, 0.15) is 5.75 Å². The van der Waals surface area contributed by atoms with Gasteiger partial charge in [-0.1, -0.05) is 53.7 Å². The second-order valence-corrected chi connectivity index (χ2v) is 7.93. The van der Waals surface area contributed by atoms with Gasteiger partial charge in [0.05, 0.1) is 6.61 Å². The van der Waals surface area contributed by atoms with Crippen molar-refractivity contribution < 1.29 is 4.74 Å². The van der Waals surface area contributed by atoms with Gasteiger partial charge >= 0.3 is 0 Å². The predicted molar refractivity (Wildman–Crippen MR) is 89.6 cm³/mol. The minimum Gasteiger partial charge on any atom is -0.494 e. The normalized spacial score (nSPS) is 19.8. The fourth-order valence-corrected chi connectivity index (χ4v) is 3.04. The van der Waals surface area contributed by atoms with E-state index in [1.807, 2.05) is 0 Å². The molecule has 0 spiro atoms. The van der Waals surface area contributed by atoms with E-state index in [-0.39, 0.29) is 0 Å². The van der Waals surface area contributed by atoms with E-state index in [2.05, 4.69) is 71.1 Å². The Morgan fingerprint density at radius 3 is 2.10 bits per heavy atom. The molecule has 0 atom stereocenters. The van der Waals surface area contributed by atoms with Gasteiger partial charge in [-0.15, -0.1) is 0 Å². The molecule has 0 amide bonds. The summed E-state index contributed by atoms with van der Waals surface area (Å²) in [4.78, 5) is 0. The number of nitrogens with one attached hydrogen (secondary N) is 1. The predicted octanol–water partition coefficient (Wildman–Crippen LogP) is 4.64. The maximum Gasteiger partial charge on any atom is 0.119 e. The summed E-state index contributed by atoms with van der Waals surface area (Å²) in [5, 5.41) is 3.69. The lowest BCUT2D eigenvalue weighted by atomic mass is 10.0. The minimum atomic E-state index is 0.396. The van der Waals surface area contributed by atoms with Crippen LogP contribution in [0, 0.1) is 16.7 Å². The summed E-state index contributed by atoms with van der Waals surface area (Å²) in [6.07, 6.45) is 1.11. The Labute approximate surface area is 130 Å². The van der Waals surface area contributed by atoms with Gasteiger partial charge in [-0.25, -0.2) is 0 Å². The van der Waals surface area contributed by atoms with E-state index in [1.54, 1.807) is 0 Å². The molecule has 2 heteroatoms. The number of rotatable bonds is 7. The lowest BCUT2D eigenvalue weighted by Crippen LogP contribution is -2.21.